The molecule has 0 aliphatic heterocycles. The van der Waals surface area contributed by atoms with E-state index in [1.54, 1.807) is 11.4 Å². The van der Waals surface area contributed by atoms with Crippen LogP contribution < -0.4 is 10.9 Å². The first-order chi connectivity index (χ1) is 10.3. The monoisotopic (exact) mass is 331 g/mol. The number of amides is 1. The van der Waals surface area contributed by atoms with E-state index in [-0.39, 0.29) is 5.69 Å². The summed E-state index contributed by atoms with van der Waals surface area (Å²) < 4.78 is 37.7. The predicted molar refractivity (Wildman–Crippen MR) is 73.5 cm³/mol. The third-order valence-corrected chi connectivity index (χ3v) is 3.45. The number of nitro benzene ring substituents is 1. The third kappa shape index (κ3) is 3.52. The molecule has 0 atom stereocenters. The number of thiophene rings is 1. The molecule has 2 rings (SSSR count). The highest BCUT2D eigenvalue weighted by Gasteiger charge is 2.33. The van der Waals surface area contributed by atoms with Gasteiger partial charge in [-0.2, -0.15) is 13.2 Å². The summed E-state index contributed by atoms with van der Waals surface area (Å²) in [5.41, 5.74) is 2.27. The molecule has 6 nitrogen and oxygen atoms in total. The number of nitrogens with one attached hydrogen (secondary N) is 2. The summed E-state index contributed by atoms with van der Waals surface area (Å²) in [7, 11) is 0. The lowest BCUT2D eigenvalue weighted by molar-refractivity contribution is -0.384. The van der Waals surface area contributed by atoms with Gasteiger partial charge in [0.25, 0.3) is 11.6 Å². The van der Waals surface area contributed by atoms with Crippen molar-refractivity contribution in [3.05, 3.63) is 56.3 Å². The first kappa shape index (κ1) is 15.8. The maximum absolute atomic E-state index is 12.6. The summed E-state index contributed by atoms with van der Waals surface area (Å²) in [6.07, 6.45) is -4.69. The van der Waals surface area contributed by atoms with Crippen LogP contribution >= 0.6 is 11.3 Å². The fraction of sp³-hybridized carbons (Fsp3) is 0.0833. The van der Waals surface area contributed by atoms with Gasteiger partial charge < -0.3 is 0 Å². The number of nitrogens with zero attached hydrogens (tertiary/aromatic N) is 1. The molecular weight excluding hydrogens is 323 g/mol. The molecule has 0 saturated carbocycles. The smallest absolute Gasteiger partial charge is 0.292 e. The highest BCUT2D eigenvalue weighted by molar-refractivity contribution is 7.12. The van der Waals surface area contributed by atoms with E-state index in [0.717, 1.165) is 17.4 Å². The Bertz CT molecular complexity index is 701. The molecule has 0 bridgehead atoms. The molecule has 22 heavy (non-hydrogen) atoms. The number of anilines is 1. The molecular formula is C12H8F3N3O3S. The Morgan fingerprint density at radius 2 is 2.00 bits per heavy atom. The Morgan fingerprint density at radius 1 is 1.27 bits per heavy atom. The van der Waals surface area contributed by atoms with Crippen molar-refractivity contribution in [1.82, 2.24) is 5.43 Å². The Hall–Kier alpha value is -2.62. The maximum atomic E-state index is 12.6. The number of halogens is 3. The van der Waals surface area contributed by atoms with Crippen LogP contribution in [0.15, 0.2) is 35.7 Å². The Kier molecular flexibility index (Phi) is 4.31. The number of carbonyl (C=O) groups is 1. The van der Waals surface area contributed by atoms with Crippen molar-refractivity contribution < 1.29 is 22.9 Å². The molecule has 0 aliphatic rings. The zero-order chi connectivity index (χ0) is 16.3. The molecule has 0 radical (unpaired) electrons. The topological polar surface area (TPSA) is 84.3 Å². The zero-order valence-corrected chi connectivity index (χ0v) is 11.5. The van der Waals surface area contributed by atoms with Crippen LogP contribution in [-0.4, -0.2) is 10.8 Å². The standard InChI is InChI=1S/C12H8F3N3O3S/c13-12(14,15)7-3-4-8(9(6-7)18(20)21)16-17-11(19)10-2-1-5-22-10/h1-6,16H,(H,17,19). The molecule has 0 unspecified atom stereocenters. The molecule has 1 aromatic heterocycles. The first-order valence-corrected chi connectivity index (χ1v) is 6.62. The minimum absolute atomic E-state index is 0.247. The third-order valence-electron chi connectivity index (χ3n) is 2.58. The average Bonchev–Trinajstić information content (AvgIpc) is 2.97. The summed E-state index contributed by atoms with van der Waals surface area (Å²) in [5.74, 6) is -0.552. The quantitative estimate of drug-likeness (QED) is 0.664. The molecule has 10 heteroatoms. The summed E-state index contributed by atoms with van der Waals surface area (Å²) in [4.78, 5) is 21.9. The molecule has 0 fully saturated rings. The van der Waals surface area contributed by atoms with Crippen LogP contribution in [0.25, 0.3) is 0 Å². The second-order valence-electron chi connectivity index (χ2n) is 4.04. The molecule has 1 amide bonds. The SMILES string of the molecule is O=C(NNc1ccc(C(F)(F)F)cc1[N+](=O)[O-])c1cccs1. The van der Waals surface area contributed by atoms with Gasteiger partial charge >= 0.3 is 6.18 Å². The number of hydrogen-bond acceptors (Lipinski definition) is 5. The molecule has 116 valence electrons. The highest BCUT2D eigenvalue weighted by atomic mass is 32.1. The van der Waals surface area contributed by atoms with Gasteiger partial charge in [0.15, 0.2) is 0 Å². The van der Waals surface area contributed by atoms with Gasteiger partial charge in [-0.1, -0.05) is 6.07 Å². The van der Waals surface area contributed by atoms with Gasteiger partial charge in [0.1, 0.15) is 5.69 Å². The van der Waals surface area contributed by atoms with Crippen molar-refractivity contribution in [3.63, 3.8) is 0 Å². The van der Waals surface area contributed by atoms with E-state index < -0.39 is 28.3 Å². The summed E-state index contributed by atoms with van der Waals surface area (Å²) in [6, 6.07) is 5.14. The molecule has 2 aromatic rings. The summed E-state index contributed by atoms with van der Waals surface area (Å²) in [5, 5.41) is 12.5. The lowest BCUT2D eigenvalue weighted by Gasteiger charge is -2.11. The van der Waals surface area contributed by atoms with Gasteiger partial charge in [0, 0.05) is 6.07 Å². The minimum Gasteiger partial charge on any atom is -0.292 e. The molecule has 0 spiro atoms. The summed E-state index contributed by atoms with van der Waals surface area (Å²) in [6.45, 7) is 0. The van der Waals surface area contributed by atoms with Crippen LogP contribution in [0.5, 0.6) is 0 Å². The molecule has 0 aliphatic carbocycles. The van der Waals surface area contributed by atoms with Crippen molar-refractivity contribution in [3.8, 4) is 0 Å². The van der Waals surface area contributed by atoms with Crippen molar-refractivity contribution in [2.45, 2.75) is 6.18 Å². The van der Waals surface area contributed by atoms with Crippen molar-refractivity contribution in [1.29, 1.82) is 0 Å². The fourth-order valence-electron chi connectivity index (χ4n) is 1.56. The Morgan fingerprint density at radius 3 is 2.55 bits per heavy atom. The van der Waals surface area contributed by atoms with Gasteiger partial charge in [-0.25, -0.2) is 0 Å². The van der Waals surface area contributed by atoms with Crippen LogP contribution in [0, 0.1) is 10.1 Å². The van der Waals surface area contributed by atoms with Crippen molar-refractivity contribution in [2.75, 3.05) is 5.43 Å². The largest absolute Gasteiger partial charge is 0.416 e. The zero-order valence-electron chi connectivity index (χ0n) is 10.7. The summed E-state index contributed by atoms with van der Waals surface area (Å²) >= 11 is 1.15. The number of nitro groups is 1. The van der Waals surface area contributed by atoms with E-state index in [0.29, 0.717) is 17.0 Å². The van der Waals surface area contributed by atoms with Crippen molar-refractivity contribution >= 4 is 28.6 Å². The van der Waals surface area contributed by atoms with E-state index in [4.69, 9.17) is 0 Å². The van der Waals surface area contributed by atoms with Crippen LogP contribution in [-0.2, 0) is 6.18 Å². The number of hydrogen-bond donors (Lipinski definition) is 2. The maximum Gasteiger partial charge on any atom is 0.416 e. The molecule has 1 heterocycles. The number of carbonyl (C=O) groups excluding carboxylic acids is 1. The number of alkyl halides is 3. The fourth-order valence-corrected chi connectivity index (χ4v) is 2.18. The van der Waals surface area contributed by atoms with E-state index in [1.165, 1.54) is 6.07 Å². The van der Waals surface area contributed by atoms with Crippen LogP contribution in [0.1, 0.15) is 15.2 Å². The number of rotatable bonds is 4. The van der Waals surface area contributed by atoms with E-state index in [1.807, 2.05) is 0 Å². The van der Waals surface area contributed by atoms with Gasteiger partial charge in [0.05, 0.1) is 15.4 Å². The van der Waals surface area contributed by atoms with Gasteiger partial charge in [-0.05, 0) is 23.6 Å². The Labute approximate surface area is 125 Å². The van der Waals surface area contributed by atoms with Crippen LogP contribution in [0.2, 0.25) is 0 Å². The first-order valence-electron chi connectivity index (χ1n) is 5.74. The van der Waals surface area contributed by atoms with Crippen LogP contribution in [0.3, 0.4) is 0 Å². The van der Waals surface area contributed by atoms with E-state index >= 15 is 0 Å². The second-order valence-corrected chi connectivity index (χ2v) is 4.99. The molecule has 0 saturated heterocycles. The lowest BCUT2D eigenvalue weighted by Crippen LogP contribution is -2.29. The number of hydrazine groups is 1. The molecule has 2 N–H and O–H groups in total. The highest BCUT2D eigenvalue weighted by Crippen LogP contribution is 2.34. The van der Waals surface area contributed by atoms with E-state index in [2.05, 4.69) is 10.9 Å². The van der Waals surface area contributed by atoms with Gasteiger partial charge in [-0.15, -0.1) is 11.3 Å². The number of benzene rings is 1. The van der Waals surface area contributed by atoms with Crippen LogP contribution in [0.4, 0.5) is 24.5 Å². The minimum atomic E-state index is -4.69. The Balaban J connectivity index is 2.20. The van der Waals surface area contributed by atoms with Crippen molar-refractivity contribution in [2.24, 2.45) is 0 Å². The normalized spacial score (nSPS) is 11.0. The second kappa shape index (κ2) is 6.02. The predicted octanol–water partition coefficient (Wildman–Crippen LogP) is 3.43. The molecule has 1 aromatic carbocycles. The van der Waals surface area contributed by atoms with Gasteiger partial charge in [-0.3, -0.25) is 25.8 Å². The van der Waals surface area contributed by atoms with Gasteiger partial charge in [0.2, 0.25) is 0 Å². The van der Waals surface area contributed by atoms with E-state index in [9.17, 15) is 28.1 Å². The average molecular weight is 331 g/mol. The lowest BCUT2D eigenvalue weighted by atomic mass is 10.1.